The zero-order valence-corrected chi connectivity index (χ0v) is 16.3. The molecule has 29 heavy (non-hydrogen) atoms. The molecule has 1 heterocycles. The third kappa shape index (κ3) is 4.13. The topological polar surface area (TPSA) is 111 Å². The molecule has 2 aromatic carbocycles. The van der Waals surface area contributed by atoms with Gasteiger partial charge in [-0.2, -0.15) is 0 Å². The molecule has 0 spiro atoms. The smallest absolute Gasteiger partial charge is 0.271 e. The molecule has 3 rings (SSSR count). The number of carbonyl (C=O) groups excluding carboxylic acids is 2. The van der Waals surface area contributed by atoms with Crippen LogP contribution in [0.25, 0.3) is 0 Å². The quantitative estimate of drug-likeness (QED) is 0.591. The third-order valence-electron chi connectivity index (χ3n) is 4.86. The van der Waals surface area contributed by atoms with Gasteiger partial charge in [-0.1, -0.05) is 6.07 Å². The summed E-state index contributed by atoms with van der Waals surface area (Å²) in [7, 11) is 3.03. The fraction of sp³-hybridized carbons (Fsp3) is 0.300. The lowest BCUT2D eigenvalue weighted by Gasteiger charge is -2.18. The van der Waals surface area contributed by atoms with Gasteiger partial charge < -0.3 is 19.7 Å². The number of hydrogen-bond acceptors (Lipinski definition) is 6. The maximum absolute atomic E-state index is 12.7. The van der Waals surface area contributed by atoms with Crippen molar-refractivity contribution in [3.63, 3.8) is 0 Å². The minimum absolute atomic E-state index is 0.0498. The predicted octanol–water partition coefficient (Wildman–Crippen LogP) is 2.91. The van der Waals surface area contributed by atoms with Crippen LogP contribution in [0.3, 0.4) is 0 Å². The summed E-state index contributed by atoms with van der Waals surface area (Å²) in [6.07, 6.45) is 0.0498. The van der Waals surface area contributed by atoms with Crippen LogP contribution in [0.1, 0.15) is 12.0 Å². The van der Waals surface area contributed by atoms with Crippen molar-refractivity contribution < 1.29 is 24.0 Å². The summed E-state index contributed by atoms with van der Waals surface area (Å²) in [5.74, 6) is -0.0939. The number of amides is 2. The zero-order valence-electron chi connectivity index (χ0n) is 16.3. The van der Waals surface area contributed by atoms with Crippen LogP contribution in [-0.4, -0.2) is 37.5 Å². The van der Waals surface area contributed by atoms with Gasteiger partial charge in [-0.05, 0) is 24.6 Å². The van der Waals surface area contributed by atoms with Gasteiger partial charge in [-0.3, -0.25) is 19.7 Å². The molecule has 1 atom stereocenters. The van der Waals surface area contributed by atoms with E-state index in [1.54, 1.807) is 31.2 Å². The van der Waals surface area contributed by atoms with E-state index in [0.29, 0.717) is 28.4 Å². The Bertz CT molecular complexity index is 975. The number of benzene rings is 2. The molecule has 2 aromatic rings. The predicted molar refractivity (Wildman–Crippen MR) is 106 cm³/mol. The van der Waals surface area contributed by atoms with E-state index < -0.39 is 10.8 Å². The van der Waals surface area contributed by atoms with Crippen LogP contribution in [0.2, 0.25) is 0 Å². The van der Waals surface area contributed by atoms with Crippen molar-refractivity contribution in [3.8, 4) is 11.5 Å². The molecule has 152 valence electrons. The monoisotopic (exact) mass is 399 g/mol. The Morgan fingerprint density at radius 3 is 2.55 bits per heavy atom. The number of nitrogens with zero attached hydrogens (tertiary/aromatic N) is 2. The number of nitrogens with one attached hydrogen (secondary N) is 1. The van der Waals surface area contributed by atoms with Gasteiger partial charge in [0.1, 0.15) is 0 Å². The third-order valence-corrected chi connectivity index (χ3v) is 4.86. The molecule has 0 radical (unpaired) electrons. The van der Waals surface area contributed by atoms with Crippen molar-refractivity contribution in [1.29, 1.82) is 0 Å². The van der Waals surface area contributed by atoms with E-state index in [2.05, 4.69) is 5.32 Å². The van der Waals surface area contributed by atoms with E-state index >= 15 is 0 Å². The number of hydrogen-bond donors (Lipinski definition) is 1. The number of nitro groups is 1. The SMILES string of the molecule is COc1ccc(N2CC(C(=O)Nc3cc([N+](=O)[O-])ccc3C)CC2=O)cc1OC. The lowest BCUT2D eigenvalue weighted by Crippen LogP contribution is -2.28. The normalized spacial score (nSPS) is 15.9. The minimum atomic E-state index is -0.575. The molecular formula is C20H21N3O6. The Morgan fingerprint density at radius 2 is 1.90 bits per heavy atom. The van der Waals surface area contributed by atoms with E-state index in [9.17, 15) is 19.7 Å². The van der Waals surface area contributed by atoms with Crippen LogP contribution in [0, 0.1) is 23.0 Å². The summed E-state index contributed by atoms with van der Waals surface area (Å²) in [5.41, 5.74) is 1.56. The first-order chi connectivity index (χ1) is 13.8. The lowest BCUT2D eigenvalue weighted by atomic mass is 10.1. The minimum Gasteiger partial charge on any atom is -0.493 e. The summed E-state index contributed by atoms with van der Waals surface area (Å²) < 4.78 is 10.5. The number of nitro benzene ring substituents is 1. The number of aryl methyl sites for hydroxylation is 1. The van der Waals surface area contributed by atoms with Crippen molar-refractivity contribution in [2.45, 2.75) is 13.3 Å². The molecule has 1 N–H and O–H groups in total. The molecule has 2 amide bonds. The Balaban J connectivity index is 1.76. The molecule has 1 aliphatic heterocycles. The zero-order chi connectivity index (χ0) is 21.1. The maximum Gasteiger partial charge on any atom is 0.271 e. The van der Waals surface area contributed by atoms with E-state index in [1.165, 1.54) is 31.3 Å². The number of carbonyl (C=O) groups is 2. The van der Waals surface area contributed by atoms with Crippen LogP contribution in [0.5, 0.6) is 11.5 Å². The van der Waals surface area contributed by atoms with Crippen molar-refractivity contribution in [2.24, 2.45) is 5.92 Å². The molecule has 9 nitrogen and oxygen atoms in total. The van der Waals surface area contributed by atoms with E-state index in [-0.39, 0.29) is 30.5 Å². The molecule has 9 heteroatoms. The van der Waals surface area contributed by atoms with Crippen LogP contribution in [0.15, 0.2) is 36.4 Å². The average Bonchev–Trinajstić information content (AvgIpc) is 3.10. The highest BCUT2D eigenvalue weighted by atomic mass is 16.6. The fourth-order valence-electron chi connectivity index (χ4n) is 3.22. The van der Waals surface area contributed by atoms with Gasteiger partial charge in [-0.25, -0.2) is 0 Å². The highest BCUT2D eigenvalue weighted by molar-refractivity contribution is 6.04. The lowest BCUT2D eigenvalue weighted by molar-refractivity contribution is -0.384. The van der Waals surface area contributed by atoms with E-state index in [0.717, 1.165) is 0 Å². The Kier molecular flexibility index (Phi) is 5.67. The first-order valence-electron chi connectivity index (χ1n) is 8.92. The standard InChI is InChI=1S/C20H21N3O6/c1-12-4-5-15(23(26)27)9-16(12)21-20(25)13-8-19(24)22(11-13)14-6-7-17(28-2)18(10-14)29-3/h4-7,9-10,13H,8,11H2,1-3H3,(H,21,25). The van der Waals surface area contributed by atoms with Gasteiger partial charge in [0, 0.05) is 36.9 Å². The summed E-state index contributed by atoms with van der Waals surface area (Å²) in [6, 6.07) is 9.37. The Hall–Kier alpha value is -3.62. The molecule has 0 aliphatic carbocycles. The van der Waals surface area contributed by atoms with Gasteiger partial charge in [0.15, 0.2) is 11.5 Å². The van der Waals surface area contributed by atoms with Crippen LogP contribution < -0.4 is 19.7 Å². The summed E-state index contributed by atoms with van der Waals surface area (Å²) >= 11 is 0. The molecule has 1 unspecified atom stereocenters. The van der Waals surface area contributed by atoms with E-state index in [4.69, 9.17) is 9.47 Å². The Labute approximate surface area is 167 Å². The molecule has 0 aromatic heterocycles. The second-order valence-electron chi connectivity index (χ2n) is 6.69. The average molecular weight is 399 g/mol. The van der Waals surface area contributed by atoms with Crippen molar-refractivity contribution in [1.82, 2.24) is 0 Å². The van der Waals surface area contributed by atoms with Gasteiger partial charge in [0.05, 0.1) is 30.7 Å². The number of anilines is 2. The molecule has 1 saturated heterocycles. The van der Waals surface area contributed by atoms with Crippen molar-refractivity contribution in [3.05, 3.63) is 52.1 Å². The fourth-order valence-corrected chi connectivity index (χ4v) is 3.22. The highest BCUT2D eigenvalue weighted by Crippen LogP contribution is 2.34. The second kappa shape index (κ2) is 8.17. The van der Waals surface area contributed by atoms with E-state index in [1.807, 2.05) is 0 Å². The van der Waals surface area contributed by atoms with Crippen molar-refractivity contribution in [2.75, 3.05) is 31.0 Å². The number of methoxy groups -OCH3 is 2. The van der Waals surface area contributed by atoms with Crippen LogP contribution >= 0.6 is 0 Å². The largest absolute Gasteiger partial charge is 0.493 e. The second-order valence-corrected chi connectivity index (χ2v) is 6.69. The molecule has 0 bridgehead atoms. The first kappa shape index (κ1) is 20.1. The number of rotatable bonds is 6. The van der Waals surface area contributed by atoms with Gasteiger partial charge in [-0.15, -0.1) is 0 Å². The summed E-state index contributed by atoms with van der Waals surface area (Å²) in [4.78, 5) is 37.1. The molecule has 1 aliphatic rings. The molecule has 1 fully saturated rings. The maximum atomic E-state index is 12.7. The van der Waals surface area contributed by atoms with Crippen LogP contribution in [-0.2, 0) is 9.59 Å². The molecular weight excluding hydrogens is 378 g/mol. The van der Waals surface area contributed by atoms with Gasteiger partial charge in [0.2, 0.25) is 11.8 Å². The summed E-state index contributed by atoms with van der Waals surface area (Å²) in [5, 5.41) is 13.7. The number of non-ortho nitro benzene ring substituents is 1. The first-order valence-corrected chi connectivity index (χ1v) is 8.92. The highest BCUT2D eigenvalue weighted by Gasteiger charge is 2.35. The van der Waals surface area contributed by atoms with Crippen LogP contribution in [0.4, 0.5) is 17.1 Å². The molecule has 0 saturated carbocycles. The van der Waals surface area contributed by atoms with Gasteiger partial charge in [0.25, 0.3) is 5.69 Å². The Morgan fingerprint density at radius 1 is 1.17 bits per heavy atom. The number of ether oxygens (including phenoxy) is 2. The van der Waals surface area contributed by atoms with Gasteiger partial charge >= 0.3 is 0 Å². The van der Waals surface area contributed by atoms with Crippen molar-refractivity contribution >= 4 is 28.9 Å². The summed E-state index contributed by atoms with van der Waals surface area (Å²) in [6.45, 7) is 1.95.